The molecule has 2 N–H and O–H groups in total. The summed E-state index contributed by atoms with van der Waals surface area (Å²) in [6.07, 6.45) is 0.356. The number of hydrogen-bond acceptors (Lipinski definition) is 5. The lowest BCUT2D eigenvalue weighted by atomic mass is 10.2. The van der Waals surface area contributed by atoms with E-state index in [4.69, 9.17) is 4.74 Å². The van der Waals surface area contributed by atoms with Gasteiger partial charge in [-0.15, -0.1) is 0 Å². The summed E-state index contributed by atoms with van der Waals surface area (Å²) < 4.78 is 59.6. The van der Waals surface area contributed by atoms with E-state index >= 15 is 0 Å². The molecule has 1 heterocycles. The summed E-state index contributed by atoms with van der Waals surface area (Å²) in [7, 11) is -7.10. The van der Waals surface area contributed by atoms with Gasteiger partial charge in [-0.05, 0) is 25.5 Å². The third-order valence-corrected chi connectivity index (χ3v) is 6.66. The molecule has 0 saturated carbocycles. The first kappa shape index (κ1) is 19.3. The maximum atomic E-state index is 12.1. The number of aryl methyl sites for hydroxylation is 1. The average Bonchev–Trinajstić information content (AvgIpc) is 2.55. The van der Waals surface area contributed by atoms with Gasteiger partial charge >= 0.3 is 0 Å². The van der Waals surface area contributed by atoms with Gasteiger partial charge in [0.05, 0.1) is 18.1 Å². The molecule has 136 valence electrons. The predicted octanol–water partition coefficient (Wildman–Crippen LogP) is -0.170. The van der Waals surface area contributed by atoms with Crippen molar-refractivity contribution in [1.82, 2.24) is 13.7 Å². The second-order valence-electron chi connectivity index (χ2n) is 5.48. The van der Waals surface area contributed by atoms with Crippen molar-refractivity contribution in [2.75, 3.05) is 39.4 Å². The molecule has 2 rings (SSSR count). The quantitative estimate of drug-likeness (QED) is 0.612. The molecule has 8 nitrogen and oxygen atoms in total. The van der Waals surface area contributed by atoms with Crippen LogP contribution in [0.3, 0.4) is 0 Å². The van der Waals surface area contributed by atoms with Crippen LogP contribution in [0.1, 0.15) is 12.0 Å². The maximum absolute atomic E-state index is 12.1. The van der Waals surface area contributed by atoms with E-state index in [-0.39, 0.29) is 18.0 Å². The summed E-state index contributed by atoms with van der Waals surface area (Å²) in [5.74, 6) is 0. The molecular formula is C14H23N3O5S2. The SMILES string of the molecule is Cc1ccc(S(=O)(=O)NCCCNS(=O)(=O)N2CCOCC2)cc1. The number of nitrogens with zero attached hydrogens (tertiary/aromatic N) is 1. The molecule has 24 heavy (non-hydrogen) atoms. The van der Waals surface area contributed by atoms with Gasteiger partial charge in [-0.3, -0.25) is 0 Å². The molecule has 1 aliphatic rings. The normalized spacial score (nSPS) is 17.0. The molecule has 0 spiro atoms. The van der Waals surface area contributed by atoms with E-state index in [0.717, 1.165) is 5.56 Å². The van der Waals surface area contributed by atoms with E-state index < -0.39 is 20.2 Å². The van der Waals surface area contributed by atoms with Crippen LogP contribution in [0, 0.1) is 6.92 Å². The van der Waals surface area contributed by atoms with Gasteiger partial charge in [0.2, 0.25) is 10.0 Å². The van der Waals surface area contributed by atoms with Crippen molar-refractivity contribution in [1.29, 1.82) is 0 Å². The minimum Gasteiger partial charge on any atom is -0.379 e. The van der Waals surface area contributed by atoms with Gasteiger partial charge in [0.1, 0.15) is 0 Å². The maximum Gasteiger partial charge on any atom is 0.279 e. The first-order valence-electron chi connectivity index (χ1n) is 7.70. The molecular weight excluding hydrogens is 354 g/mol. The predicted molar refractivity (Wildman–Crippen MR) is 90.3 cm³/mol. The molecule has 10 heteroatoms. The Bertz CT molecular complexity index is 726. The highest BCUT2D eigenvalue weighted by molar-refractivity contribution is 7.89. The summed E-state index contributed by atoms with van der Waals surface area (Å²) >= 11 is 0. The number of benzene rings is 1. The second-order valence-corrected chi connectivity index (χ2v) is 9.00. The Labute approximate surface area is 143 Å². The number of sulfonamides is 1. The first-order valence-corrected chi connectivity index (χ1v) is 10.6. The number of morpholine rings is 1. The second kappa shape index (κ2) is 8.37. The third-order valence-electron chi connectivity index (χ3n) is 3.57. The van der Waals surface area contributed by atoms with Gasteiger partial charge in [0, 0.05) is 26.2 Å². The molecule has 0 unspecified atom stereocenters. The van der Waals surface area contributed by atoms with Gasteiger partial charge in [0.25, 0.3) is 10.2 Å². The molecule has 1 aliphatic heterocycles. The largest absolute Gasteiger partial charge is 0.379 e. The fraction of sp³-hybridized carbons (Fsp3) is 0.571. The van der Waals surface area contributed by atoms with Crippen molar-refractivity contribution < 1.29 is 21.6 Å². The van der Waals surface area contributed by atoms with Crippen LogP contribution in [0.15, 0.2) is 29.2 Å². The van der Waals surface area contributed by atoms with Crippen LogP contribution in [0.5, 0.6) is 0 Å². The first-order chi connectivity index (χ1) is 11.3. The van der Waals surface area contributed by atoms with Crippen LogP contribution in [0.4, 0.5) is 0 Å². The van der Waals surface area contributed by atoms with Crippen LogP contribution in [-0.2, 0) is 25.0 Å². The van der Waals surface area contributed by atoms with Crippen LogP contribution in [-0.4, -0.2) is 60.5 Å². The number of rotatable bonds is 8. The fourth-order valence-electron chi connectivity index (χ4n) is 2.18. The Hall–Kier alpha value is -1.04. The van der Waals surface area contributed by atoms with Gasteiger partial charge in [-0.1, -0.05) is 17.7 Å². The van der Waals surface area contributed by atoms with Crippen molar-refractivity contribution in [3.05, 3.63) is 29.8 Å². The Morgan fingerprint density at radius 2 is 1.58 bits per heavy atom. The smallest absolute Gasteiger partial charge is 0.279 e. The minimum atomic E-state index is -3.57. The molecule has 1 saturated heterocycles. The minimum absolute atomic E-state index is 0.155. The van der Waals surface area contributed by atoms with Gasteiger partial charge < -0.3 is 4.74 Å². The summed E-state index contributed by atoms with van der Waals surface area (Å²) in [6.45, 7) is 3.63. The zero-order valence-electron chi connectivity index (χ0n) is 13.6. The highest BCUT2D eigenvalue weighted by Crippen LogP contribution is 2.09. The van der Waals surface area contributed by atoms with E-state index in [2.05, 4.69) is 9.44 Å². The number of ether oxygens (including phenoxy) is 1. The molecule has 0 radical (unpaired) electrons. The van der Waals surface area contributed by atoms with E-state index in [9.17, 15) is 16.8 Å². The van der Waals surface area contributed by atoms with Crippen molar-refractivity contribution in [2.24, 2.45) is 0 Å². The Morgan fingerprint density at radius 3 is 2.21 bits per heavy atom. The fourth-order valence-corrected chi connectivity index (χ4v) is 4.46. The highest BCUT2D eigenvalue weighted by Gasteiger charge is 2.23. The van der Waals surface area contributed by atoms with Crippen LogP contribution in [0.2, 0.25) is 0 Å². The molecule has 1 aromatic carbocycles. The van der Waals surface area contributed by atoms with Crippen LogP contribution < -0.4 is 9.44 Å². The molecule has 0 atom stereocenters. The van der Waals surface area contributed by atoms with E-state index in [0.29, 0.717) is 32.7 Å². The molecule has 0 aliphatic carbocycles. The van der Waals surface area contributed by atoms with Gasteiger partial charge in [0.15, 0.2) is 0 Å². The van der Waals surface area contributed by atoms with Gasteiger partial charge in [-0.25, -0.2) is 17.9 Å². The molecule has 0 amide bonds. The van der Waals surface area contributed by atoms with Crippen molar-refractivity contribution in [3.8, 4) is 0 Å². The standard InChI is InChI=1S/C14H23N3O5S2/c1-13-3-5-14(6-4-13)23(18,19)15-7-2-8-16-24(20,21)17-9-11-22-12-10-17/h3-6,15-16H,2,7-12H2,1H3. The lowest BCUT2D eigenvalue weighted by Crippen LogP contribution is -2.47. The average molecular weight is 377 g/mol. The number of nitrogens with one attached hydrogen (secondary N) is 2. The highest BCUT2D eigenvalue weighted by atomic mass is 32.2. The van der Waals surface area contributed by atoms with Crippen molar-refractivity contribution >= 4 is 20.2 Å². The number of hydrogen-bond donors (Lipinski definition) is 2. The van der Waals surface area contributed by atoms with Crippen LogP contribution in [0.25, 0.3) is 0 Å². The van der Waals surface area contributed by atoms with Crippen LogP contribution >= 0.6 is 0 Å². The zero-order chi connectivity index (χ0) is 17.6. The van der Waals surface area contributed by atoms with E-state index in [1.165, 1.54) is 4.31 Å². The molecule has 1 aromatic rings. The van der Waals surface area contributed by atoms with Crippen molar-refractivity contribution in [2.45, 2.75) is 18.2 Å². The van der Waals surface area contributed by atoms with E-state index in [1.807, 2.05) is 6.92 Å². The topological polar surface area (TPSA) is 105 Å². The Kier molecular flexibility index (Phi) is 6.72. The lowest BCUT2D eigenvalue weighted by molar-refractivity contribution is 0.0725. The third kappa shape index (κ3) is 5.50. The molecule has 0 bridgehead atoms. The Morgan fingerprint density at radius 1 is 1.00 bits per heavy atom. The summed E-state index contributed by atoms with van der Waals surface area (Å²) in [5, 5.41) is 0. The summed E-state index contributed by atoms with van der Waals surface area (Å²) in [5.41, 5.74) is 0.978. The lowest BCUT2D eigenvalue weighted by Gasteiger charge is -2.26. The zero-order valence-corrected chi connectivity index (χ0v) is 15.2. The molecule has 0 aromatic heterocycles. The summed E-state index contributed by atoms with van der Waals surface area (Å²) in [6, 6.07) is 6.54. The Balaban J connectivity index is 1.75. The van der Waals surface area contributed by atoms with E-state index in [1.54, 1.807) is 24.3 Å². The van der Waals surface area contributed by atoms with Crippen molar-refractivity contribution in [3.63, 3.8) is 0 Å². The monoisotopic (exact) mass is 377 g/mol. The molecule has 1 fully saturated rings. The summed E-state index contributed by atoms with van der Waals surface area (Å²) in [4.78, 5) is 0.196. The van der Waals surface area contributed by atoms with Gasteiger partial charge in [-0.2, -0.15) is 12.7 Å².